The number of nitrogens with zero attached hydrogens (tertiary/aromatic N) is 2. The summed E-state index contributed by atoms with van der Waals surface area (Å²) in [5, 5.41) is 0. The van der Waals surface area contributed by atoms with E-state index >= 15 is 0 Å². The van der Waals surface area contributed by atoms with Crippen LogP contribution in [0.2, 0.25) is 0 Å². The predicted octanol–water partition coefficient (Wildman–Crippen LogP) is 1.66. The highest BCUT2D eigenvalue weighted by atomic mass is 16.5. The lowest BCUT2D eigenvalue weighted by atomic mass is 10.2. The van der Waals surface area contributed by atoms with Gasteiger partial charge in [-0.25, -0.2) is 0 Å². The van der Waals surface area contributed by atoms with E-state index in [1.54, 1.807) is 6.20 Å². The fraction of sp³-hybridized carbons (Fsp3) is 0.615. The Labute approximate surface area is 103 Å². The van der Waals surface area contributed by atoms with E-state index in [4.69, 9.17) is 10.5 Å². The van der Waals surface area contributed by atoms with Gasteiger partial charge >= 0.3 is 0 Å². The maximum Gasteiger partial charge on any atom is 0.0702 e. The lowest BCUT2D eigenvalue weighted by Gasteiger charge is -2.23. The Balaban J connectivity index is 1.87. The van der Waals surface area contributed by atoms with Gasteiger partial charge in [-0.3, -0.25) is 9.88 Å². The maximum atomic E-state index is 5.66. The Kier molecular flexibility index (Phi) is 4.34. The summed E-state index contributed by atoms with van der Waals surface area (Å²) in [6, 6.07) is 3.90. The topological polar surface area (TPSA) is 51.4 Å². The van der Waals surface area contributed by atoms with Gasteiger partial charge in [-0.15, -0.1) is 0 Å². The molecule has 1 aromatic heterocycles. The van der Waals surface area contributed by atoms with Crippen LogP contribution in [0, 0.1) is 0 Å². The molecule has 0 aromatic carbocycles. The van der Waals surface area contributed by atoms with Crippen molar-refractivity contribution in [1.82, 2.24) is 9.88 Å². The van der Waals surface area contributed by atoms with Crippen molar-refractivity contribution < 1.29 is 4.74 Å². The minimum Gasteiger partial charge on any atom is -0.397 e. The number of hydrogen-bond donors (Lipinski definition) is 1. The molecule has 1 aliphatic rings. The molecule has 0 radical (unpaired) electrons. The van der Waals surface area contributed by atoms with E-state index < -0.39 is 0 Å². The van der Waals surface area contributed by atoms with Crippen LogP contribution < -0.4 is 5.73 Å². The Hall–Kier alpha value is -1.13. The molecular weight excluding hydrogens is 214 g/mol. The van der Waals surface area contributed by atoms with Gasteiger partial charge in [0, 0.05) is 19.7 Å². The molecule has 17 heavy (non-hydrogen) atoms. The zero-order chi connectivity index (χ0) is 12.1. The minimum atomic E-state index is 0.406. The van der Waals surface area contributed by atoms with Gasteiger partial charge in [0.05, 0.1) is 23.7 Å². The first-order chi connectivity index (χ1) is 8.28. The highest BCUT2D eigenvalue weighted by molar-refractivity contribution is 5.34. The number of pyridine rings is 1. The van der Waals surface area contributed by atoms with E-state index in [2.05, 4.69) is 16.8 Å². The van der Waals surface area contributed by atoms with Crippen LogP contribution in [-0.2, 0) is 11.3 Å². The smallest absolute Gasteiger partial charge is 0.0702 e. The summed E-state index contributed by atoms with van der Waals surface area (Å²) in [7, 11) is 0. The molecule has 2 rings (SSSR count). The molecule has 0 bridgehead atoms. The first-order valence-corrected chi connectivity index (χ1v) is 6.32. The number of ether oxygens (including phenoxy) is 1. The summed E-state index contributed by atoms with van der Waals surface area (Å²) >= 11 is 0. The van der Waals surface area contributed by atoms with Gasteiger partial charge < -0.3 is 10.5 Å². The van der Waals surface area contributed by atoms with E-state index in [0.29, 0.717) is 6.10 Å². The van der Waals surface area contributed by atoms with Crippen molar-refractivity contribution in [2.24, 2.45) is 0 Å². The van der Waals surface area contributed by atoms with Gasteiger partial charge in [-0.1, -0.05) is 6.92 Å². The van der Waals surface area contributed by atoms with E-state index in [1.807, 2.05) is 12.1 Å². The number of hydrogen-bond acceptors (Lipinski definition) is 4. The normalized spacial score (nSPS) is 20.0. The molecule has 4 nitrogen and oxygen atoms in total. The van der Waals surface area contributed by atoms with Crippen LogP contribution in [0.5, 0.6) is 0 Å². The molecule has 1 unspecified atom stereocenters. The Morgan fingerprint density at radius 1 is 1.53 bits per heavy atom. The van der Waals surface area contributed by atoms with Crippen LogP contribution in [0.15, 0.2) is 18.3 Å². The molecule has 0 aliphatic carbocycles. The first-order valence-electron chi connectivity index (χ1n) is 6.32. The lowest BCUT2D eigenvalue weighted by molar-refractivity contribution is 0.0721. The Morgan fingerprint density at radius 2 is 2.41 bits per heavy atom. The maximum absolute atomic E-state index is 5.66. The molecule has 94 valence electrons. The molecule has 0 amide bonds. The summed E-state index contributed by atoms with van der Waals surface area (Å²) in [6.45, 7) is 5.99. The van der Waals surface area contributed by atoms with Crippen molar-refractivity contribution in [3.05, 3.63) is 24.0 Å². The molecule has 1 aliphatic heterocycles. The second-order valence-electron chi connectivity index (χ2n) is 4.55. The average Bonchev–Trinajstić information content (AvgIpc) is 2.84. The molecular formula is C13H21N3O. The quantitative estimate of drug-likeness (QED) is 0.843. The number of rotatable bonds is 5. The zero-order valence-electron chi connectivity index (χ0n) is 10.4. The van der Waals surface area contributed by atoms with Gasteiger partial charge in [0.25, 0.3) is 0 Å². The summed E-state index contributed by atoms with van der Waals surface area (Å²) in [5.74, 6) is 0. The van der Waals surface area contributed by atoms with Gasteiger partial charge in [-0.05, 0) is 31.5 Å². The van der Waals surface area contributed by atoms with Crippen LogP contribution in [0.4, 0.5) is 5.69 Å². The van der Waals surface area contributed by atoms with Crippen LogP contribution in [0.1, 0.15) is 25.5 Å². The minimum absolute atomic E-state index is 0.406. The number of nitrogens with two attached hydrogens (primary N) is 1. The van der Waals surface area contributed by atoms with E-state index in [0.717, 1.165) is 37.6 Å². The van der Waals surface area contributed by atoms with Crippen LogP contribution in [-0.4, -0.2) is 35.7 Å². The third-order valence-corrected chi connectivity index (χ3v) is 3.17. The van der Waals surface area contributed by atoms with Gasteiger partial charge in [-0.2, -0.15) is 0 Å². The van der Waals surface area contributed by atoms with Gasteiger partial charge in [0.15, 0.2) is 0 Å². The van der Waals surface area contributed by atoms with Crippen molar-refractivity contribution in [3.63, 3.8) is 0 Å². The van der Waals surface area contributed by atoms with E-state index in [1.165, 1.54) is 12.8 Å². The van der Waals surface area contributed by atoms with Crippen LogP contribution in [0.3, 0.4) is 0 Å². The lowest BCUT2D eigenvalue weighted by Crippen LogP contribution is -2.31. The van der Waals surface area contributed by atoms with Crippen LogP contribution in [0.25, 0.3) is 0 Å². The highest BCUT2D eigenvalue weighted by Crippen LogP contribution is 2.14. The standard InChI is InChI=1S/C13H21N3O/c1-2-16(10-13-4-3-7-17-13)9-12-6-5-11(14)8-15-12/h5-6,8,13H,2-4,7,9-10,14H2,1H3. The monoisotopic (exact) mass is 235 g/mol. The molecule has 2 heterocycles. The molecule has 1 atom stereocenters. The SMILES string of the molecule is CCN(Cc1ccc(N)cn1)CC1CCCO1. The average molecular weight is 235 g/mol. The second-order valence-corrected chi connectivity index (χ2v) is 4.55. The molecule has 2 N–H and O–H groups in total. The third kappa shape index (κ3) is 3.68. The third-order valence-electron chi connectivity index (χ3n) is 3.17. The summed E-state index contributed by atoms with van der Waals surface area (Å²) in [4.78, 5) is 6.70. The summed E-state index contributed by atoms with van der Waals surface area (Å²) in [6.07, 6.45) is 4.51. The number of aromatic nitrogens is 1. The number of likely N-dealkylation sites (N-methyl/N-ethyl adjacent to an activating group) is 1. The summed E-state index contributed by atoms with van der Waals surface area (Å²) in [5.41, 5.74) is 7.41. The fourth-order valence-electron chi connectivity index (χ4n) is 2.14. The van der Waals surface area contributed by atoms with Crippen LogP contribution >= 0.6 is 0 Å². The van der Waals surface area contributed by atoms with Gasteiger partial charge in [0.1, 0.15) is 0 Å². The Bertz CT molecular complexity index is 333. The molecule has 1 aromatic rings. The first kappa shape index (κ1) is 12.3. The van der Waals surface area contributed by atoms with Gasteiger partial charge in [0.2, 0.25) is 0 Å². The molecule has 1 fully saturated rings. The van der Waals surface area contributed by atoms with Crippen molar-refractivity contribution in [3.8, 4) is 0 Å². The molecule has 0 spiro atoms. The second kappa shape index (κ2) is 5.98. The largest absolute Gasteiger partial charge is 0.397 e. The molecule has 1 saturated heterocycles. The van der Waals surface area contributed by atoms with E-state index in [9.17, 15) is 0 Å². The fourth-order valence-corrected chi connectivity index (χ4v) is 2.14. The molecule has 4 heteroatoms. The van der Waals surface area contributed by atoms with Crippen molar-refractivity contribution >= 4 is 5.69 Å². The zero-order valence-corrected chi connectivity index (χ0v) is 10.4. The number of anilines is 1. The molecule has 0 saturated carbocycles. The van der Waals surface area contributed by atoms with E-state index in [-0.39, 0.29) is 0 Å². The number of nitrogen functional groups attached to an aromatic ring is 1. The summed E-state index contributed by atoms with van der Waals surface area (Å²) < 4.78 is 5.66. The predicted molar refractivity (Wildman–Crippen MR) is 68.6 cm³/mol. The van der Waals surface area contributed by atoms with Crippen molar-refractivity contribution in [2.45, 2.75) is 32.4 Å². The van der Waals surface area contributed by atoms with Crippen molar-refractivity contribution in [2.75, 3.05) is 25.4 Å². The Morgan fingerprint density at radius 3 is 3.00 bits per heavy atom. The highest BCUT2D eigenvalue weighted by Gasteiger charge is 2.18. The van der Waals surface area contributed by atoms with Crippen molar-refractivity contribution in [1.29, 1.82) is 0 Å².